The zero-order valence-corrected chi connectivity index (χ0v) is 17.4. The van der Waals surface area contributed by atoms with Gasteiger partial charge in [-0.3, -0.25) is 4.79 Å². The summed E-state index contributed by atoms with van der Waals surface area (Å²) < 4.78 is 7.50. The summed E-state index contributed by atoms with van der Waals surface area (Å²) in [6.45, 7) is 4.33. The SMILES string of the molecule is CCOc1ccccc1NC(=O)[C@H](C)Sc1nc(C2CC2)n(-c2ccccc2)n1. The molecule has 1 aliphatic rings. The Morgan fingerprint density at radius 1 is 1.21 bits per heavy atom. The molecule has 1 heterocycles. The quantitative estimate of drug-likeness (QED) is 0.549. The van der Waals surface area contributed by atoms with E-state index in [9.17, 15) is 4.79 Å². The zero-order chi connectivity index (χ0) is 20.2. The Morgan fingerprint density at radius 3 is 2.66 bits per heavy atom. The highest BCUT2D eigenvalue weighted by Gasteiger charge is 2.31. The Labute approximate surface area is 174 Å². The molecule has 1 atom stereocenters. The summed E-state index contributed by atoms with van der Waals surface area (Å²) in [5.74, 6) is 2.00. The molecule has 6 nitrogen and oxygen atoms in total. The number of hydrogen-bond acceptors (Lipinski definition) is 5. The minimum Gasteiger partial charge on any atom is -0.492 e. The number of carbonyl (C=O) groups is 1. The maximum Gasteiger partial charge on any atom is 0.237 e. The topological polar surface area (TPSA) is 69.0 Å². The number of amides is 1. The van der Waals surface area contributed by atoms with E-state index in [-0.39, 0.29) is 11.2 Å². The highest BCUT2D eigenvalue weighted by Crippen LogP contribution is 2.40. The van der Waals surface area contributed by atoms with Crippen LogP contribution in [0.25, 0.3) is 5.69 Å². The number of thioether (sulfide) groups is 1. The Kier molecular flexibility index (Phi) is 5.85. The van der Waals surface area contributed by atoms with Crippen LogP contribution in [0.5, 0.6) is 5.75 Å². The molecule has 1 aromatic heterocycles. The molecule has 0 saturated heterocycles. The fraction of sp³-hybridized carbons (Fsp3) is 0.318. The van der Waals surface area contributed by atoms with Crippen molar-refractivity contribution in [3.63, 3.8) is 0 Å². The average molecular weight is 409 g/mol. The first-order valence-electron chi connectivity index (χ1n) is 9.87. The van der Waals surface area contributed by atoms with Crippen LogP contribution in [0, 0.1) is 0 Å². The summed E-state index contributed by atoms with van der Waals surface area (Å²) in [5.41, 5.74) is 1.67. The number of anilines is 1. The van der Waals surface area contributed by atoms with Gasteiger partial charge in [0.05, 0.1) is 23.2 Å². The van der Waals surface area contributed by atoms with Crippen molar-refractivity contribution in [2.75, 3.05) is 11.9 Å². The van der Waals surface area contributed by atoms with Crippen molar-refractivity contribution < 1.29 is 9.53 Å². The van der Waals surface area contributed by atoms with Crippen molar-refractivity contribution in [1.29, 1.82) is 0 Å². The number of hydrogen-bond donors (Lipinski definition) is 1. The second-order valence-electron chi connectivity index (χ2n) is 6.95. The number of benzene rings is 2. The van der Waals surface area contributed by atoms with E-state index in [2.05, 4.69) is 10.4 Å². The van der Waals surface area contributed by atoms with E-state index in [4.69, 9.17) is 9.72 Å². The zero-order valence-electron chi connectivity index (χ0n) is 16.5. The molecule has 1 fully saturated rings. The molecule has 0 spiro atoms. The Balaban J connectivity index is 1.48. The third kappa shape index (κ3) is 4.62. The molecule has 1 saturated carbocycles. The van der Waals surface area contributed by atoms with E-state index >= 15 is 0 Å². The van der Waals surface area contributed by atoms with E-state index in [1.807, 2.05) is 73.1 Å². The van der Waals surface area contributed by atoms with E-state index in [0.717, 1.165) is 24.4 Å². The molecule has 1 amide bonds. The molecular weight excluding hydrogens is 384 g/mol. The van der Waals surface area contributed by atoms with Crippen LogP contribution in [-0.2, 0) is 4.79 Å². The van der Waals surface area contributed by atoms with E-state index < -0.39 is 0 Å². The minimum absolute atomic E-state index is 0.105. The van der Waals surface area contributed by atoms with Crippen molar-refractivity contribution in [3.8, 4) is 11.4 Å². The van der Waals surface area contributed by atoms with Crippen molar-refractivity contribution in [2.24, 2.45) is 0 Å². The Hall–Kier alpha value is -2.80. The third-order valence-electron chi connectivity index (χ3n) is 4.65. The Morgan fingerprint density at radius 2 is 1.93 bits per heavy atom. The van der Waals surface area contributed by atoms with Gasteiger partial charge in [-0.2, -0.15) is 0 Å². The number of nitrogens with zero attached hydrogens (tertiary/aromatic N) is 3. The highest BCUT2D eigenvalue weighted by atomic mass is 32.2. The summed E-state index contributed by atoms with van der Waals surface area (Å²) in [5, 5.41) is 7.92. The Bertz CT molecular complexity index is 985. The van der Waals surface area contributed by atoms with E-state index in [1.54, 1.807) is 0 Å². The fourth-order valence-electron chi connectivity index (χ4n) is 3.02. The van der Waals surface area contributed by atoms with Gasteiger partial charge in [0.1, 0.15) is 11.6 Å². The molecule has 3 aromatic rings. The van der Waals surface area contributed by atoms with Gasteiger partial charge in [-0.05, 0) is 51.0 Å². The second-order valence-corrected chi connectivity index (χ2v) is 8.26. The monoisotopic (exact) mass is 408 g/mol. The van der Waals surface area contributed by atoms with Crippen LogP contribution in [0.1, 0.15) is 38.4 Å². The van der Waals surface area contributed by atoms with E-state index in [0.29, 0.717) is 29.1 Å². The summed E-state index contributed by atoms with van der Waals surface area (Å²) in [7, 11) is 0. The maximum absolute atomic E-state index is 12.7. The molecule has 1 N–H and O–H groups in total. The van der Waals surface area contributed by atoms with Crippen LogP contribution >= 0.6 is 11.8 Å². The number of nitrogens with one attached hydrogen (secondary N) is 1. The van der Waals surface area contributed by atoms with Crippen molar-refractivity contribution in [3.05, 3.63) is 60.4 Å². The van der Waals surface area contributed by atoms with Crippen LogP contribution in [0.15, 0.2) is 59.8 Å². The van der Waals surface area contributed by atoms with Gasteiger partial charge in [-0.15, -0.1) is 5.10 Å². The van der Waals surface area contributed by atoms with Gasteiger partial charge in [-0.1, -0.05) is 42.1 Å². The lowest BCUT2D eigenvalue weighted by Crippen LogP contribution is -2.23. The number of para-hydroxylation sites is 3. The molecule has 0 unspecified atom stereocenters. The van der Waals surface area contributed by atoms with Crippen LogP contribution in [0.2, 0.25) is 0 Å². The maximum atomic E-state index is 12.7. The molecule has 0 aliphatic heterocycles. The normalized spacial score (nSPS) is 14.4. The van der Waals surface area contributed by atoms with Crippen LogP contribution in [0.3, 0.4) is 0 Å². The third-order valence-corrected chi connectivity index (χ3v) is 5.60. The molecular formula is C22H24N4O2S. The largest absolute Gasteiger partial charge is 0.492 e. The van der Waals surface area contributed by atoms with Crippen LogP contribution in [0.4, 0.5) is 5.69 Å². The summed E-state index contributed by atoms with van der Waals surface area (Å²) in [6.07, 6.45) is 2.28. The second kappa shape index (κ2) is 8.69. The molecule has 150 valence electrons. The van der Waals surface area contributed by atoms with Crippen LogP contribution < -0.4 is 10.1 Å². The van der Waals surface area contributed by atoms with Crippen molar-refractivity contribution >= 4 is 23.4 Å². The van der Waals surface area contributed by atoms with Gasteiger partial charge in [0.15, 0.2) is 0 Å². The molecule has 1 aliphatic carbocycles. The fourth-order valence-corrected chi connectivity index (χ4v) is 3.77. The first kappa shape index (κ1) is 19.5. The predicted octanol–water partition coefficient (Wildman–Crippen LogP) is 4.66. The van der Waals surface area contributed by atoms with Gasteiger partial charge in [0.25, 0.3) is 0 Å². The molecule has 2 aromatic carbocycles. The first-order valence-corrected chi connectivity index (χ1v) is 10.8. The molecule has 0 radical (unpaired) electrons. The van der Waals surface area contributed by atoms with Crippen molar-refractivity contribution in [1.82, 2.24) is 14.8 Å². The number of ether oxygens (including phenoxy) is 1. The lowest BCUT2D eigenvalue weighted by Gasteiger charge is -2.13. The van der Waals surface area contributed by atoms with Crippen molar-refractivity contribution in [2.45, 2.75) is 43.0 Å². The standard InChI is InChI=1S/C22H24N4O2S/c1-3-28-19-12-8-7-11-18(19)23-21(27)15(2)29-22-24-20(16-13-14-16)26(25-22)17-9-5-4-6-10-17/h4-12,15-16H,3,13-14H2,1-2H3,(H,23,27)/t15-/m0/s1. The van der Waals surface area contributed by atoms with Gasteiger partial charge in [-0.25, -0.2) is 9.67 Å². The lowest BCUT2D eigenvalue weighted by atomic mass is 10.3. The molecule has 29 heavy (non-hydrogen) atoms. The number of aromatic nitrogens is 3. The molecule has 7 heteroatoms. The summed E-state index contributed by atoms with van der Waals surface area (Å²) >= 11 is 1.37. The number of carbonyl (C=O) groups excluding carboxylic acids is 1. The van der Waals surface area contributed by atoms with Gasteiger partial charge < -0.3 is 10.1 Å². The van der Waals surface area contributed by atoms with E-state index in [1.165, 1.54) is 11.8 Å². The predicted molar refractivity (Wildman–Crippen MR) is 115 cm³/mol. The smallest absolute Gasteiger partial charge is 0.237 e. The van der Waals surface area contributed by atoms with Gasteiger partial charge in [0, 0.05) is 5.92 Å². The summed E-state index contributed by atoms with van der Waals surface area (Å²) in [6, 6.07) is 17.5. The van der Waals surface area contributed by atoms with Gasteiger partial charge >= 0.3 is 0 Å². The molecule has 0 bridgehead atoms. The highest BCUT2D eigenvalue weighted by molar-refractivity contribution is 8.00. The van der Waals surface area contributed by atoms with Crippen LogP contribution in [-0.4, -0.2) is 32.5 Å². The first-order chi connectivity index (χ1) is 14.2. The number of rotatable bonds is 8. The summed E-state index contributed by atoms with van der Waals surface area (Å²) in [4.78, 5) is 17.5. The lowest BCUT2D eigenvalue weighted by molar-refractivity contribution is -0.115. The van der Waals surface area contributed by atoms with Gasteiger partial charge in [0.2, 0.25) is 11.1 Å². The molecule has 4 rings (SSSR count). The average Bonchev–Trinajstić information content (AvgIpc) is 3.50. The minimum atomic E-state index is -0.344.